The first-order chi connectivity index (χ1) is 9.88. The monoisotopic (exact) mass is 331 g/mol. The third-order valence-corrected chi connectivity index (χ3v) is 5.28. The van der Waals surface area contributed by atoms with Crippen LogP contribution in [0.4, 0.5) is 0 Å². The van der Waals surface area contributed by atoms with E-state index in [1.54, 1.807) is 18.7 Å². The predicted octanol–water partition coefficient (Wildman–Crippen LogP) is 2.34. The molecular weight excluding hydrogens is 310 g/mol. The third-order valence-electron chi connectivity index (χ3n) is 2.99. The Labute approximate surface area is 130 Å². The maximum atomic E-state index is 11.9. The van der Waals surface area contributed by atoms with Crippen LogP contribution in [0, 0.1) is 0 Å². The summed E-state index contributed by atoms with van der Waals surface area (Å²) < 4.78 is 31.0. The van der Waals surface area contributed by atoms with Gasteiger partial charge in [0, 0.05) is 17.4 Å². The van der Waals surface area contributed by atoms with Crippen LogP contribution in [0.3, 0.4) is 0 Å². The normalized spacial score (nSPS) is 12.9. The molecule has 0 saturated heterocycles. The van der Waals surface area contributed by atoms with Gasteiger partial charge in [0.25, 0.3) is 0 Å². The molecule has 118 valence electrons. The van der Waals surface area contributed by atoms with E-state index in [1.807, 2.05) is 30.5 Å². The second-order valence-corrected chi connectivity index (χ2v) is 7.36. The molecule has 0 spiro atoms. The average Bonchev–Trinajstić information content (AvgIpc) is 2.46. The quantitative estimate of drug-likeness (QED) is 0.585. The fraction of sp³-hybridized carbons (Fsp3) is 0.500. The van der Waals surface area contributed by atoms with Crippen molar-refractivity contribution in [2.24, 2.45) is 0 Å². The number of ether oxygens (including phenoxy) is 1. The van der Waals surface area contributed by atoms with Crippen LogP contribution in [0.15, 0.2) is 29.2 Å². The van der Waals surface area contributed by atoms with Gasteiger partial charge in [-0.2, -0.15) is 0 Å². The fourth-order valence-electron chi connectivity index (χ4n) is 1.80. The van der Waals surface area contributed by atoms with Crippen LogP contribution < -0.4 is 4.72 Å². The Hall–Kier alpha value is -1.05. The topological polar surface area (TPSA) is 72.5 Å². The molecule has 0 amide bonds. The van der Waals surface area contributed by atoms with Crippen LogP contribution in [-0.4, -0.2) is 33.5 Å². The van der Waals surface area contributed by atoms with E-state index >= 15 is 0 Å². The predicted molar refractivity (Wildman–Crippen MR) is 84.8 cm³/mol. The Morgan fingerprint density at radius 2 is 1.95 bits per heavy atom. The SMILES string of the molecule is COC(=O)CCCS(=O)(=O)NC(C)c1ccc(SC)cc1. The van der Waals surface area contributed by atoms with Crippen molar-refractivity contribution in [3.05, 3.63) is 29.8 Å². The largest absolute Gasteiger partial charge is 0.469 e. The third kappa shape index (κ3) is 6.50. The van der Waals surface area contributed by atoms with Gasteiger partial charge in [-0.05, 0) is 37.3 Å². The second-order valence-electron chi connectivity index (χ2n) is 4.61. The molecule has 1 atom stereocenters. The first-order valence-electron chi connectivity index (χ1n) is 6.58. The summed E-state index contributed by atoms with van der Waals surface area (Å²) >= 11 is 1.64. The molecule has 0 aliphatic heterocycles. The van der Waals surface area contributed by atoms with Crippen molar-refractivity contribution in [2.75, 3.05) is 19.1 Å². The van der Waals surface area contributed by atoms with Crippen molar-refractivity contribution in [3.63, 3.8) is 0 Å². The molecular formula is C14H21NO4S2. The van der Waals surface area contributed by atoms with Crippen molar-refractivity contribution >= 4 is 27.8 Å². The van der Waals surface area contributed by atoms with E-state index in [2.05, 4.69) is 9.46 Å². The van der Waals surface area contributed by atoms with E-state index in [0.717, 1.165) is 10.5 Å². The summed E-state index contributed by atoms with van der Waals surface area (Å²) in [6.07, 6.45) is 2.34. The summed E-state index contributed by atoms with van der Waals surface area (Å²) in [5.74, 6) is -0.485. The minimum atomic E-state index is -3.41. The Balaban J connectivity index is 2.54. The molecule has 1 aromatic carbocycles. The molecule has 0 aliphatic rings. The van der Waals surface area contributed by atoms with E-state index in [0.29, 0.717) is 0 Å². The van der Waals surface area contributed by atoms with Crippen molar-refractivity contribution < 1.29 is 17.9 Å². The number of carbonyl (C=O) groups is 1. The Kier molecular flexibility index (Phi) is 7.21. The van der Waals surface area contributed by atoms with Crippen molar-refractivity contribution in [1.82, 2.24) is 4.72 Å². The first kappa shape index (κ1) is 18.0. The van der Waals surface area contributed by atoms with Crippen LogP contribution in [0.25, 0.3) is 0 Å². The minimum absolute atomic E-state index is 0.0880. The van der Waals surface area contributed by atoms with Gasteiger partial charge in [-0.1, -0.05) is 12.1 Å². The van der Waals surface area contributed by atoms with Crippen LogP contribution in [0.2, 0.25) is 0 Å². The molecule has 1 rings (SSSR count). The molecule has 0 radical (unpaired) electrons. The number of esters is 1. The lowest BCUT2D eigenvalue weighted by Gasteiger charge is -2.15. The smallest absolute Gasteiger partial charge is 0.305 e. The molecule has 0 aromatic heterocycles. The highest BCUT2D eigenvalue weighted by atomic mass is 32.2. The van der Waals surface area contributed by atoms with Crippen molar-refractivity contribution in [3.8, 4) is 0 Å². The lowest BCUT2D eigenvalue weighted by Crippen LogP contribution is -2.29. The highest BCUT2D eigenvalue weighted by molar-refractivity contribution is 7.98. The lowest BCUT2D eigenvalue weighted by molar-refractivity contribution is -0.140. The first-order valence-corrected chi connectivity index (χ1v) is 9.46. The van der Waals surface area contributed by atoms with Gasteiger partial charge in [0.1, 0.15) is 0 Å². The van der Waals surface area contributed by atoms with E-state index in [-0.39, 0.29) is 24.6 Å². The molecule has 21 heavy (non-hydrogen) atoms. The van der Waals surface area contributed by atoms with E-state index < -0.39 is 16.0 Å². The van der Waals surface area contributed by atoms with Crippen LogP contribution in [-0.2, 0) is 19.6 Å². The summed E-state index contributed by atoms with van der Waals surface area (Å²) in [5, 5.41) is 0. The number of rotatable bonds is 8. The summed E-state index contributed by atoms with van der Waals surface area (Å²) in [6.45, 7) is 1.80. The molecule has 0 saturated carbocycles. The molecule has 1 aromatic rings. The van der Waals surface area contributed by atoms with Crippen molar-refractivity contribution in [2.45, 2.75) is 30.7 Å². The Morgan fingerprint density at radius 3 is 2.48 bits per heavy atom. The van der Waals surface area contributed by atoms with Crippen LogP contribution in [0.1, 0.15) is 31.4 Å². The number of benzene rings is 1. The van der Waals surface area contributed by atoms with Crippen LogP contribution >= 0.6 is 11.8 Å². The van der Waals surface area contributed by atoms with Gasteiger partial charge >= 0.3 is 5.97 Å². The van der Waals surface area contributed by atoms with Gasteiger partial charge < -0.3 is 4.74 Å². The Morgan fingerprint density at radius 1 is 1.33 bits per heavy atom. The molecule has 0 bridgehead atoms. The number of thioether (sulfide) groups is 1. The zero-order chi connectivity index (χ0) is 15.9. The van der Waals surface area contributed by atoms with E-state index in [1.165, 1.54) is 7.11 Å². The van der Waals surface area contributed by atoms with Gasteiger partial charge in [0.15, 0.2) is 0 Å². The van der Waals surface area contributed by atoms with E-state index in [4.69, 9.17) is 0 Å². The summed E-state index contributed by atoms with van der Waals surface area (Å²) in [5.41, 5.74) is 0.907. The number of hydrogen-bond acceptors (Lipinski definition) is 5. The van der Waals surface area contributed by atoms with Gasteiger partial charge in [-0.25, -0.2) is 13.1 Å². The highest BCUT2D eigenvalue weighted by Gasteiger charge is 2.16. The number of carbonyl (C=O) groups excluding carboxylic acids is 1. The van der Waals surface area contributed by atoms with Gasteiger partial charge in [-0.15, -0.1) is 11.8 Å². The summed E-state index contributed by atoms with van der Waals surface area (Å²) in [6, 6.07) is 7.44. The Bertz CT molecular complexity index is 555. The van der Waals surface area contributed by atoms with E-state index in [9.17, 15) is 13.2 Å². The number of methoxy groups -OCH3 is 1. The standard InChI is InChI=1S/C14H21NO4S2/c1-11(12-6-8-13(20-3)9-7-12)15-21(17,18)10-4-5-14(16)19-2/h6-9,11,15H,4-5,10H2,1-3H3. The lowest BCUT2D eigenvalue weighted by atomic mass is 10.1. The highest BCUT2D eigenvalue weighted by Crippen LogP contribution is 2.19. The molecule has 7 heteroatoms. The second kappa shape index (κ2) is 8.41. The summed E-state index contributed by atoms with van der Waals surface area (Å²) in [7, 11) is -2.12. The zero-order valence-corrected chi connectivity index (χ0v) is 14.1. The van der Waals surface area contributed by atoms with Gasteiger partial charge in [0.05, 0.1) is 12.9 Å². The molecule has 0 heterocycles. The molecule has 5 nitrogen and oxygen atoms in total. The maximum absolute atomic E-state index is 11.9. The maximum Gasteiger partial charge on any atom is 0.305 e. The molecule has 0 fully saturated rings. The number of nitrogens with one attached hydrogen (secondary N) is 1. The average molecular weight is 331 g/mol. The molecule has 1 N–H and O–H groups in total. The van der Waals surface area contributed by atoms with Gasteiger partial charge in [-0.3, -0.25) is 4.79 Å². The molecule has 1 unspecified atom stereocenters. The van der Waals surface area contributed by atoms with Crippen LogP contribution in [0.5, 0.6) is 0 Å². The summed E-state index contributed by atoms with van der Waals surface area (Å²) in [4.78, 5) is 12.1. The van der Waals surface area contributed by atoms with Crippen molar-refractivity contribution in [1.29, 1.82) is 0 Å². The van der Waals surface area contributed by atoms with Gasteiger partial charge in [0.2, 0.25) is 10.0 Å². The number of hydrogen-bond donors (Lipinski definition) is 1. The minimum Gasteiger partial charge on any atom is -0.469 e. The zero-order valence-electron chi connectivity index (χ0n) is 12.5. The fourth-order valence-corrected chi connectivity index (χ4v) is 3.52. The molecule has 0 aliphatic carbocycles. The number of sulfonamides is 1.